The van der Waals surface area contributed by atoms with Gasteiger partial charge in [0.25, 0.3) is 0 Å². The second-order valence-electron chi connectivity index (χ2n) is 5.10. The van der Waals surface area contributed by atoms with Gasteiger partial charge in [0.2, 0.25) is 5.91 Å². The van der Waals surface area contributed by atoms with Crippen LogP contribution >= 0.6 is 15.9 Å². The lowest BCUT2D eigenvalue weighted by molar-refractivity contribution is -0.116. The predicted octanol–water partition coefficient (Wildman–Crippen LogP) is 3.84. The highest BCUT2D eigenvalue weighted by atomic mass is 79.9. The van der Waals surface area contributed by atoms with Crippen molar-refractivity contribution in [3.05, 3.63) is 64.1 Å². The summed E-state index contributed by atoms with van der Waals surface area (Å²) in [4.78, 5) is 11.9. The number of carbonyl (C=O) groups excluding carboxylic acids is 1. The third kappa shape index (κ3) is 5.13. The molecule has 0 spiro atoms. The zero-order valence-electron chi connectivity index (χ0n) is 13.7. The van der Waals surface area contributed by atoms with Crippen LogP contribution in [0.2, 0.25) is 0 Å². The first-order valence-electron chi connectivity index (χ1n) is 7.55. The van der Waals surface area contributed by atoms with Gasteiger partial charge in [0.15, 0.2) is 11.5 Å². The highest BCUT2D eigenvalue weighted by Crippen LogP contribution is 2.36. The molecule has 0 radical (unpaired) electrons. The van der Waals surface area contributed by atoms with E-state index in [0.29, 0.717) is 18.0 Å². The van der Waals surface area contributed by atoms with Crippen molar-refractivity contribution in [2.24, 2.45) is 0 Å². The number of hydrogen-bond acceptors (Lipinski definition) is 3. The van der Waals surface area contributed by atoms with Gasteiger partial charge in [-0.2, -0.15) is 0 Å². The van der Waals surface area contributed by atoms with Crippen LogP contribution in [0, 0.1) is 0 Å². The van der Waals surface area contributed by atoms with Crippen molar-refractivity contribution in [1.29, 1.82) is 0 Å². The minimum Gasteiger partial charge on any atom is -0.493 e. The van der Waals surface area contributed by atoms with E-state index in [9.17, 15) is 4.79 Å². The maximum absolute atomic E-state index is 11.9. The number of amides is 1. The molecule has 24 heavy (non-hydrogen) atoms. The molecule has 2 rings (SSSR count). The van der Waals surface area contributed by atoms with E-state index in [1.54, 1.807) is 20.3 Å². The summed E-state index contributed by atoms with van der Waals surface area (Å²) in [6.45, 7) is 0.600. The number of benzene rings is 2. The highest BCUT2D eigenvalue weighted by molar-refractivity contribution is 9.10. The van der Waals surface area contributed by atoms with Crippen molar-refractivity contribution < 1.29 is 14.3 Å². The van der Waals surface area contributed by atoms with E-state index in [1.807, 2.05) is 42.5 Å². The minimum atomic E-state index is -0.128. The molecule has 0 fully saturated rings. The number of carbonyl (C=O) groups is 1. The number of rotatable bonds is 7. The van der Waals surface area contributed by atoms with Crippen molar-refractivity contribution in [2.75, 3.05) is 20.8 Å². The van der Waals surface area contributed by atoms with Crippen LogP contribution in [0.1, 0.15) is 11.1 Å². The zero-order chi connectivity index (χ0) is 17.4. The molecular formula is C19H20BrNO3. The summed E-state index contributed by atoms with van der Waals surface area (Å²) in [6, 6.07) is 13.7. The summed E-state index contributed by atoms with van der Waals surface area (Å²) in [5.74, 6) is 1.11. The standard InChI is InChI=1S/C19H20BrNO3/c1-23-17-13-15(12-16(20)19(17)24-2)8-9-18(22)21-11-10-14-6-4-3-5-7-14/h3-9,12-13H,10-11H2,1-2H3,(H,21,22)/b9-8+. The highest BCUT2D eigenvalue weighted by Gasteiger charge is 2.09. The predicted molar refractivity (Wildman–Crippen MR) is 99.4 cm³/mol. The van der Waals surface area contributed by atoms with Crippen LogP contribution in [0.4, 0.5) is 0 Å². The van der Waals surface area contributed by atoms with Crippen molar-refractivity contribution in [1.82, 2.24) is 5.32 Å². The topological polar surface area (TPSA) is 47.6 Å². The molecule has 2 aromatic carbocycles. The van der Waals surface area contributed by atoms with Gasteiger partial charge < -0.3 is 14.8 Å². The van der Waals surface area contributed by atoms with E-state index in [2.05, 4.69) is 21.2 Å². The summed E-state index contributed by atoms with van der Waals surface area (Å²) in [7, 11) is 3.16. The average molecular weight is 390 g/mol. The van der Waals surface area contributed by atoms with Gasteiger partial charge in [-0.15, -0.1) is 0 Å². The lowest BCUT2D eigenvalue weighted by Gasteiger charge is -2.10. The zero-order valence-corrected chi connectivity index (χ0v) is 15.3. The Balaban J connectivity index is 1.92. The molecule has 0 aliphatic rings. The molecule has 4 nitrogen and oxygen atoms in total. The van der Waals surface area contributed by atoms with Crippen LogP contribution in [-0.2, 0) is 11.2 Å². The lowest BCUT2D eigenvalue weighted by atomic mass is 10.1. The maximum Gasteiger partial charge on any atom is 0.244 e. The van der Waals surface area contributed by atoms with Crippen LogP contribution in [0.3, 0.4) is 0 Å². The first kappa shape index (κ1) is 18.1. The Hall–Kier alpha value is -2.27. The van der Waals surface area contributed by atoms with Gasteiger partial charge in [0.1, 0.15) is 0 Å². The molecule has 0 atom stereocenters. The maximum atomic E-state index is 11.9. The van der Waals surface area contributed by atoms with Crippen LogP contribution in [0.25, 0.3) is 6.08 Å². The Morgan fingerprint density at radius 3 is 2.58 bits per heavy atom. The van der Waals surface area contributed by atoms with E-state index in [0.717, 1.165) is 16.5 Å². The fraction of sp³-hybridized carbons (Fsp3) is 0.211. The molecule has 1 N–H and O–H groups in total. The van der Waals surface area contributed by atoms with Gasteiger partial charge in [-0.3, -0.25) is 4.79 Å². The third-order valence-electron chi connectivity index (χ3n) is 3.44. The normalized spacial score (nSPS) is 10.6. The van der Waals surface area contributed by atoms with Gasteiger partial charge in [-0.1, -0.05) is 30.3 Å². The molecule has 0 bridgehead atoms. The van der Waals surface area contributed by atoms with Crippen LogP contribution in [-0.4, -0.2) is 26.7 Å². The Morgan fingerprint density at radius 1 is 1.17 bits per heavy atom. The Kier molecular flexibility index (Phi) is 6.88. The molecule has 5 heteroatoms. The summed E-state index contributed by atoms with van der Waals surface area (Å²) in [5.41, 5.74) is 2.04. The summed E-state index contributed by atoms with van der Waals surface area (Å²) >= 11 is 3.43. The fourth-order valence-corrected chi connectivity index (χ4v) is 2.86. The molecule has 1 amide bonds. The van der Waals surface area contributed by atoms with Crippen molar-refractivity contribution in [3.63, 3.8) is 0 Å². The largest absolute Gasteiger partial charge is 0.493 e. The first-order chi connectivity index (χ1) is 11.6. The van der Waals surface area contributed by atoms with E-state index in [4.69, 9.17) is 9.47 Å². The molecule has 126 valence electrons. The summed E-state index contributed by atoms with van der Waals surface area (Å²) < 4.78 is 11.3. The van der Waals surface area contributed by atoms with Crippen molar-refractivity contribution in [3.8, 4) is 11.5 Å². The fourth-order valence-electron chi connectivity index (χ4n) is 2.24. The van der Waals surface area contributed by atoms with Crippen molar-refractivity contribution >= 4 is 27.9 Å². The van der Waals surface area contributed by atoms with Gasteiger partial charge in [0.05, 0.1) is 18.7 Å². The smallest absolute Gasteiger partial charge is 0.244 e. The van der Waals surface area contributed by atoms with Crippen LogP contribution in [0.5, 0.6) is 11.5 Å². The first-order valence-corrected chi connectivity index (χ1v) is 8.34. The molecule has 0 aliphatic heterocycles. The second-order valence-corrected chi connectivity index (χ2v) is 5.95. The number of methoxy groups -OCH3 is 2. The monoisotopic (exact) mass is 389 g/mol. The van der Waals surface area contributed by atoms with E-state index >= 15 is 0 Å². The Morgan fingerprint density at radius 2 is 1.92 bits per heavy atom. The molecule has 0 aromatic heterocycles. The van der Waals surface area contributed by atoms with Crippen LogP contribution < -0.4 is 14.8 Å². The number of hydrogen-bond donors (Lipinski definition) is 1. The number of ether oxygens (including phenoxy) is 2. The Bertz CT molecular complexity index is 714. The van der Waals surface area contributed by atoms with Crippen molar-refractivity contribution in [2.45, 2.75) is 6.42 Å². The average Bonchev–Trinajstić information content (AvgIpc) is 2.60. The van der Waals surface area contributed by atoms with E-state index in [1.165, 1.54) is 11.6 Å². The number of halogens is 1. The van der Waals surface area contributed by atoms with E-state index in [-0.39, 0.29) is 5.91 Å². The minimum absolute atomic E-state index is 0.128. The summed E-state index contributed by atoms with van der Waals surface area (Å²) in [5, 5.41) is 2.87. The van der Waals surface area contributed by atoms with Gasteiger partial charge in [-0.05, 0) is 51.7 Å². The molecular weight excluding hydrogens is 370 g/mol. The summed E-state index contributed by atoms with van der Waals surface area (Å²) in [6.07, 6.45) is 4.06. The third-order valence-corrected chi connectivity index (χ3v) is 4.03. The van der Waals surface area contributed by atoms with E-state index < -0.39 is 0 Å². The molecule has 0 saturated heterocycles. The SMILES string of the molecule is COc1cc(/C=C/C(=O)NCCc2ccccc2)cc(Br)c1OC. The second kappa shape index (κ2) is 9.13. The molecule has 0 aliphatic carbocycles. The quantitative estimate of drug-likeness (QED) is 0.731. The molecule has 0 saturated carbocycles. The molecule has 0 heterocycles. The number of nitrogens with one attached hydrogen (secondary N) is 1. The van der Waals surface area contributed by atoms with Gasteiger partial charge in [0, 0.05) is 12.6 Å². The molecule has 2 aromatic rings. The Labute approximate surface area is 150 Å². The van der Waals surface area contributed by atoms with Crippen LogP contribution in [0.15, 0.2) is 53.0 Å². The lowest BCUT2D eigenvalue weighted by Crippen LogP contribution is -2.23. The van der Waals surface area contributed by atoms with Gasteiger partial charge in [-0.25, -0.2) is 0 Å². The molecule has 0 unspecified atom stereocenters. The van der Waals surface area contributed by atoms with Gasteiger partial charge >= 0.3 is 0 Å².